The summed E-state index contributed by atoms with van der Waals surface area (Å²) in [5.41, 5.74) is 9.33. The molecule has 0 saturated heterocycles. The Morgan fingerprint density at radius 3 is 2.71 bits per heavy atom. The van der Waals surface area contributed by atoms with Gasteiger partial charge in [-0.05, 0) is 12.1 Å². The zero-order valence-electron chi connectivity index (χ0n) is 11.4. The van der Waals surface area contributed by atoms with Crippen LogP contribution in [0.25, 0.3) is 16.9 Å². The molecule has 0 bridgehead atoms. The number of nitriles is 1. The number of imidazole rings is 1. The molecule has 0 aliphatic carbocycles. The van der Waals surface area contributed by atoms with Crippen LogP contribution in [0.2, 0.25) is 0 Å². The van der Waals surface area contributed by atoms with E-state index in [0.29, 0.717) is 17.9 Å². The average Bonchev–Trinajstić information content (AvgIpc) is 2.92. The van der Waals surface area contributed by atoms with E-state index >= 15 is 0 Å². The summed E-state index contributed by atoms with van der Waals surface area (Å²) in [6.45, 7) is 0.359. The fourth-order valence-electron chi connectivity index (χ4n) is 2.34. The molecule has 2 aromatic heterocycles. The SMILES string of the molecule is N#CCOc1cccn2c(CN)c(-c3ccccc3)nc12. The molecule has 0 saturated carbocycles. The van der Waals surface area contributed by atoms with Crippen LogP contribution in [0.1, 0.15) is 5.69 Å². The average molecular weight is 278 g/mol. The van der Waals surface area contributed by atoms with Crippen LogP contribution in [-0.2, 0) is 6.54 Å². The van der Waals surface area contributed by atoms with Gasteiger partial charge in [-0.1, -0.05) is 30.3 Å². The summed E-state index contributed by atoms with van der Waals surface area (Å²) in [5.74, 6) is 0.580. The van der Waals surface area contributed by atoms with E-state index in [2.05, 4.69) is 4.98 Å². The van der Waals surface area contributed by atoms with Gasteiger partial charge in [-0.15, -0.1) is 0 Å². The molecule has 5 nitrogen and oxygen atoms in total. The minimum atomic E-state index is -0.00877. The molecule has 1 aromatic carbocycles. The molecule has 0 aliphatic heterocycles. The lowest BCUT2D eigenvalue weighted by molar-refractivity contribution is 0.370. The predicted octanol–water partition coefficient (Wildman–Crippen LogP) is 2.36. The van der Waals surface area contributed by atoms with Crippen LogP contribution >= 0.6 is 0 Å². The van der Waals surface area contributed by atoms with Gasteiger partial charge in [-0.2, -0.15) is 5.26 Å². The Hall–Kier alpha value is -2.84. The highest BCUT2D eigenvalue weighted by Gasteiger charge is 2.15. The van der Waals surface area contributed by atoms with Crippen LogP contribution in [0.15, 0.2) is 48.7 Å². The maximum atomic E-state index is 8.66. The first kappa shape index (κ1) is 13.2. The topological polar surface area (TPSA) is 76.3 Å². The second-order valence-corrected chi connectivity index (χ2v) is 4.49. The molecule has 0 aliphatic rings. The number of rotatable bonds is 4. The lowest BCUT2D eigenvalue weighted by Crippen LogP contribution is -2.03. The fourth-order valence-corrected chi connectivity index (χ4v) is 2.34. The Bertz CT molecular complexity index is 802. The number of nitrogens with two attached hydrogens (primary N) is 1. The first-order chi connectivity index (χ1) is 10.3. The Kier molecular flexibility index (Phi) is 3.54. The maximum Gasteiger partial charge on any atom is 0.180 e. The van der Waals surface area contributed by atoms with Crippen molar-refractivity contribution in [1.82, 2.24) is 9.38 Å². The molecule has 0 radical (unpaired) electrons. The fraction of sp³-hybridized carbons (Fsp3) is 0.125. The number of hydrogen-bond acceptors (Lipinski definition) is 4. The summed E-state index contributed by atoms with van der Waals surface area (Å²) >= 11 is 0. The lowest BCUT2D eigenvalue weighted by atomic mass is 10.1. The van der Waals surface area contributed by atoms with Crippen molar-refractivity contribution in [1.29, 1.82) is 5.26 Å². The number of hydrogen-bond donors (Lipinski definition) is 1. The van der Waals surface area contributed by atoms with Crippen LogP contribution in [-0.4, -0.2) is 16.0 Å². The summed E-state index contributed by atoms with van der Waals surface area (Å²) in [7, 11) is 0. The summed E-state index contributed by atoms with van der Waals surface area (Å²) < 4.78 is 7.34. The number of benzene rings is 1. The molecule has 5 heteroatoms. The minimum absolute atomic E-state index is 0.00877. The van der Waals surface area contributed by atoms with Gasteiger partial charge in [0, 0.05) is 18.3 Å². The second-order valence-electron chi connectivity index (χ2n) is 4.49. The largest absolute Gasteiger partial charge is 0.475 e. The van der Waals surface area contributed by atoms with Crippen molar-refractivity contribution in [3.05, 3.63) is 54.4 Å². The van der Waals surface area contributed by atoms with Crippen molar-refractivity contribution in [3.63, 3.8) is 0 Å². The Balaban J connectivity index is 2.20. The number of pyridine rings is 1. The molecule has 2 heterocycles. The zero-order valence-corrected chi connectivity index (χ0v) is 11.4. The molecule has 2 N–H and O–H groups in total. The van der Waals surface area contributed by atoms with E-state index < -0.39 is 0 Å². The third kappa shape index (κ3) is 2.33. The highest BCUT2D eigenvalue weighted by molar-refractivity contribution is 5.69. The minimum Gasteiger partial charge on any atom is -0.475 e. The van der Waals surface area contributed by atoms with Crippen LogP contribution < -0.4 is 10.5 Å². The van der Waals surface area contributed by atoms with Gasteiger partial charge in [0.25, 0.3) is 0 Å². The molecule has 0 fully saturated rings. The van der Waals surface area contributed by atoms with Crippen molar-refractivity contribution in [2.75, 3.05) is 6.61 Å². The van der Waals surface area contributed by atoms with Gasteiger partial charge in [0.15, 0.2) is 18.0 Å². The quantitative estimate of drug-likeness (QED) is 0.794. The standard InChI is InChI=1S/C16H14N4O/c17-8-10-21-14-7-4-9-20-13(11-18)15(19-16(14)20)12-5-2-1-3-6-12/h1-7,9H,10-11,18H2. The van der Waals surface area contributed by atoms with E-state index in [-0.39, 0.29) is 6.61 Å². The molecule has 0 spiro atoms. The lowest BCUT2D eigenvalue weighted by Gasteiger charge is -2.04. The number of aromatic nitrogens is 2. The van der Waals surface area contributed by atoms with Gasteiger partial charge in [0.2, 0.25) is 0 Å². The first-order valence-corrected chi connectivity index (χ1v) is 6.60. The third-order valence-electron chi connectivity index (χ3n) is 3.25. The molecule has 21 heavy (non-hydrogen) atoms. The maximum absolute atomic E-state index is 8.66. The summed E-state index contributed by atoms with van der Waals surface area (Å²) in [6.07, 6.45) is 1.90. The zero-order chi connectivity index (χ0) is 14.7. The predicted molar refractivity (Wildman–Crippen MR) is 79.6 cm³/mol. The number of nitrogens with zero attached hydrogens (tertiary/aromatic N) is 3. The van der Waals surface area contributed by atoms with Crippen molar-refractivity contribution in [2.24, 2.45) is 5.73 Å². The summed E-state index contributed by atoms with van der Waals surface area (Å²) in [4.78, 5) is 4.66. The third-order valence-corrected chi connectivity index (χ3v) is 3.25. The van der Waals surface area contributed by atoms with Crippen molar-refractivity contribution < 1.29 is 4.74 Å². The van der Waals surface area contributed by atoms with E-state index in [0.717, 1.165) is 17.0 Å². The van der Waals surface area contributed by atoms with E-state index in [4.69, 9.17) is 15.7 Å². The van der Waals surface area contributed by atoms with E-state index in [1.54, 1.807) is 6.07 Å². The van der Waals surface area contributed by atoms with E-state index in [9.17, 15) is 0 Å². The van der Waals surface area contributed by atoms with E-state index in [1.807, 2.05) is 53.1 Å². The molecular formula is C16H14N4O. The molecular weight excluding hydrogens is 264 g/mol. The number of ether oxygens (including phenoxy) is 1. The van der Waals surface area contributed by atoms with Crippen LogP contribution in [0.4, 0.5) is 0 Å². The summed E-state index contributed by atoms with van der Waals surface area (Å²) in [6, 6.07) is 15.5. The summed E-state index contributed by atoms with van der Waals surface area (Å²) in [5, 5.41) is 8.66. The molecule has 0 amide bonds. The molecule has 3 rings (SSSR count). The molecule has 0 atom stereocenters. The van der Waals surface area contributed by atoms with Crippen LogP contribution in [0.5, 0.6) is 5.75 Å². The smallest absolute Gasteiger partial charge is 0.180 e. The Morgan fingerprint density at radius 1 is 1.19 bits per heavy atom. The van der Waals surface area contributed by atoms with Gasteiger partial charge >= 0.3 is 0 Å². The monoisotopic (exact) mass is 278 g/mol. The van der Waals surface area contributed by atoms with Gasteiger partial charge in [-0.25, -0.2) is 4.98 Å². The van der Waals surface area contributed by atoms with Crippen molar-refractivity contribution in [3.8, 4) is 23.1 Å². The molecule has 3 aromatic rings. The van der Waals surface area contributed by atoms with Crippen LogP contribution in [0, 0.1) is 11.3 Å². The highest BCUT2D eigenvalue weighted by atomic mass is 16.5. The normalized spacial score (nSPS) is 10.5. The van der Waals surface area contributed by atoms with Crippen molar-refractivity contribution >= 4 is 5.65 Å². The second kappa shape index (κ2) is 5.65. The molecule has 0 unspecified atom stereocenters. The van der Waals surface area contributed by atoms with Gasteiger partial charge in [0.05, 0.1) is 11.4 Å². The van der Waals surface area contributed by atoms with Gasteiger partial charge in [0.1, 0.15) is 6.07 Å². The van der Waals surface area contributed by atoms with Gasteiger partial charge < -0.3 is 10.5 Å². The Morgan fingerprint density at radius 2 is 2.00 bits per heavy atom. The van der Waals surface area contributed by atoms with E-state index in [1.165, 1.54) is 0 Å². The van der Waals surface area contributed by atoms with Crippen molar-refractivity contribution in [2.45, 2.75) is 6.54 Å². The van der Waals surface area contributed by atoms with Crippen LogP contribution in [0.3, 0.4) is 0 Å². The Labute approximate surface area is 122 Å². The number of fused-ring (bicyclic) bond motifs is 1. The highest BCUT2D eigenvalue weighted by Crippen LogP contribution is 2.28. The van der Waals surface area contributed by atoms with Gasteiger partial charge in [-0.3, -0.25) is 4.40 Å². The first-order valence-electron chi connectivity index (χ1n) is 6.60. The molecule has 104 valence electrons.